The Kier molecular flexibility index (Phi) is 8.16. The largest absolute Gasteiger partial charge is 0.310 e. The van der Waals surface area contributed by atoms with E-state index in [0.29, 0.717) is 0 Å². The first-order chi connectivity index (χ1) is 27.3. The van der Waals surface area contributed by atoms with Gasteiger partial charge in [0.2, 0.25) is 0 Å². The van der Waals surface area contributed by atoms with Gasteiger partial charge < -0.3 is 4.90 Å². The van der Waals surface area contributed by atoms with Crippen LogP contribution in [-0.4, -0.2) is 9.97 Å². The van der Waals surface area contributed by atoms with E-state index in [1.807, 2.05) is 12.1 Å². The fourth-order valence-corrected chi connectivity index (χ4v) is 7.76. The molecular weight excluding hydrogens is 667 g/mol. The normalized spacial score (nSPS) is 11.3. The molecule has 3 heteroatoms. The first-order valence-electron chi connectivity index (χ1n) is 18.7. The Hall–Kier alpha value is -7.36. The lowest BCUT2D eigenvalue weighted by Crippen LogP contribution is -2.09. The summed E-state index contributed by atoms with van der Waals surface area (Å²) in [4.78, 5) is 12.7. The number of hydrogen-bond acceptors (Lipinski definition) is 3. The molecule has 0 aliphatic rings. The van der Waals surface area contributed by atoms with Crippen molar-refractivity contribution < 1.29 is 0 Å². The topological polar surface area (TPSA) is 29.0 Å². The van der Waals surface area contributed by atoms with Crippen molar-refractivity contribution in [3.63, 3.8) is 0 Å². The van der Waals surface area contributed by atoms with Gasteiger partial charge in [-0.15, -0.1) is 0 Å². The Morgan fingerprint density at radius 1 is 0.309 bits per heavy atom. The molecule has 0 fully saturated rings. The maximum Gasteiger partial charge on any atom is 0.0788 e. The van der Waals surface area contributed by atoms with Crippen molar-refractivity contribution in [3.05, 3.63) is 212 Å². The van der Waals surface area contributed by atoms with Crippen molar-refractivity contribution in [2.24, 2.45) is 0 Å². The van der Waals surface area contributed by atoms with E-state index in [9.17, 15) is 0 Å². The van der Waals surface area contributed by atoms with E-state index in [0.717, 1.165) is 78.3 Å². The van der Waals surface area contributed by atoms with Crippen LogP contribution in [0, 0.1) is 0 Å². The third-order valence-corrected chi connectivity index (χ3v) is 10.4. The molecule has 10 rings (SSSR count). The van der Waals surface area contributed by atoms with Crippen molar-refractivity contribution in [2.45, 2.75) is 0 Å². The molecule has 0 spiro atoms. The monoisotopic (exact) mass is 701 g/mol. The second kappa shape index (κ2) is 13.9. The van der Waals surface area contributed by atoms with E-state index in [4.69, 9.17) is 9.97 Å². The van der Waals surface area contributed by atoms with E-state index < -0.39 is 0 Å². The smallest absolute Gasteiger partial charge is 0.0788 e. The molecule has 3 nitrogen and oxygen atoms in total. The molecular formula is C52H35N3. The number of hydrogen-bond donors (Lipinski definition) is 0. The molecule has 2 heterocycles. The van der Waals surface area contributed by atoms with Crippen LogP contribution in [0.3, 0.4) is 0 Å². The van der Waals surface area contributed by atoms with Gasteiger partial charge in [0.05, 0.1) is 22.6 Å². The third kappa shape index (κ3) is 6.08. The summed E-state index contributed by atoms with van der Waals surface area (Å²) in [5.74, 6) is 0. The van der Waals surface area contributed by atoms with Gasteiger partial charge in [-0.2, -0.15) is 0 Å². The van der Waals surface area contributed by atoms with Crippen molar-refractivity contribution in [2.75, 3.05) is 4.90 Å². The highest BCUT2D eigenvalue weighted by Gasteiger charge is 2.17. The molecule has 0 atom stereocenters. The molecule has 0 radical (unpaired) electrons. The van der Waals surface area contributed by atoms with Crippen LogP contribution < -0.4 is 4.90 Å². The molecule has 0 saturated carbocycles. The van der Waals surface area contributed by atoms with E-state index in [2.05, 4.69) is 205 Å². The Balaban J connectivity index is 1.09. The standard InChI is InChI=1S/C52H35N3/c1-5-15-37(16-6-1)49-34-41(35-50(53-49)38-17-7-2-8-18-38)36-25-27-39(28-26-36)52-47-31-29-40-33-44(30-32-45(40)51(47)46-23-13-14-24-48(46)54-52)55(42-19-9-3-10-20-42)43-21-11-4-12-22-43/h1-35H. The first kappa shape index (κ1) is 32.3. The Labute approximate surface area is 320 Å². The van der Waals surface area contributed by atoms with Gasteiger partial charge in [-0.1, -0.05) is 158 Å². The molecule has 0 N–H and O–H groups in total. The molecule has 2 aromatic heterocycles. The summed E-state index contributed by atoms with van der Waals surface area (Å²) in [7, 11) is 0. The van der Waals surface area contributed by atoms with Gasteiger partial charge >= 0.3 is 0 Å². The average Bonchev–Trinajstić information content (AvgIpc) is 3.27. The second-order valence-corrected chi connectivity index (χ2v) is 13.8. The zero-order chi connectivity index (χ0) is 36.6. The van der Waals surface area contributed by atoms with Gasteiger partial charge in [0.25, 0.3) is 0 Å². The van der Waals surface area contributed by atoms with Crippen LogP contribution in [0.15, 0.2) is 212 Å². The lowest BCUT2D eigenvalue weighted by atomic mass is 9.94. The number of anilines is 3. The van der Waals surface area contributed by atoms with Crippen LogP contribution in [-0.2, 0) is 0 Å². The molecule has 10 aromatic rings. The van der Waals surface area contributed by atoms with Crippen molar-refractivity contribution >= 4 is 49.5 Å². The van der Waals surface area contributed by atoms with Crippen molar-refractivity contribution in [3.8, 4) is 44.9 Å². The predicted octanol–water partition coefficient (Wildman–Crippen LogP) is 14.1. The SMILES string of the molecule is c1ccc(-c2cc(-c3ccc(-c4nc5ccccc5c5c4ccc4cc(N(c6ccccc6)c6ccccc6)ccc45)cc3)cc(-c3ccccc3)n2)cc1. The average molecular weight is 702 g/mol. The van der Waals surface area contributed by atoms with Crippen molar-refractivity contribution in [1.82, 2.24) is 9.97 Å². The second-order valence-electron chi connectivity index (χ2n) is 13.8. The molecule has 0 amide bonds. The fraction of sp³-hybridized carbons (Fsp3) is 0. The highest BCUT2D eigenvalue weighted by atomic mass is 15.1. The highest BCUT2D eigenvalue weighted by Crippen LogP contribution is 2.41. The Morgan fingerprint density at radius 3 is 1.45 bits per heavy atom. The summed E-state index contributed by atoms with van der Waals surface area (Å²) >= 11 is 0. The van der Waals surface area contributed by atoms with Gasteiger partial charge in [0.15, 0.2) is 0 Å². The van der Waals surface area contributed by atoms with Gasteiger partial charge in [0.1, 0.15) is 0 Å². The van der Waals surface area contributed by atoms with Gasteiger partial charge in [-0.25, -0.2) is 9.97 Å². The number of rotatable bonds is 7. The van der Waals surface area contributed by atoms with Gasteiger partial charge in [-0.3, -0.25) is 0 Å². The molecule has 8 aromatic carbocycles. The molecule has 0 aliphatic heterocycles. The maximum atomic E-state index is 5.30. The number of fused-ring (bicyclic) bond motifs is 5. The van der Waals surface area contributed by atoms with E-state index in [1.54, 1.807) is 0 Å². The lowest BCUT2D eigenvalue weighted by molar-refractivity contribution is 1.29. The van der Waals surface area contributed by atoms with Gasteiger partial charge in [-0.05, 0) is 76.5 Å². The zero-order valence-corrected chi connectivity index (χ0v) is 30.0. The summed E-state index contributed by atoms with van der Waals surface area (Å²) < 4.78 is 0. The van der Waals surface area contributed by atoms with Gasteiger partial charge in [0, 0.05) is 49.9 Å². The van der Waals surface area contributed by atoms with Crippen LogP contribution in [0.2, 0.25) is 0 Å². The Bertz CT molecular complexity index is 2850. The highest BCUT2D eigenvalue weighted by molar-refractivity contribution is 6.22. The summed E-state index contributed by atoms with van der Waals surface area (Å²) in [6.07, 6.45) is 0. The number of aromatic nitrogens is 2. The minimum atomic E-state index is 0.953. The molecule has 55 heavy (non-hydrogen) atoms. The first-order valence-corrected chi connectivity index (χ1v) is 18.7. The molecule has 0 unspecified atom stereocenters. The quantitative estimate of drug-likeness (QED) is 0.155. The van der Waals surface area contributed by atoms with Crippen LogP contribution in [0.4, 0.5) is 17.1 Å². The summed E-state index contributed by atoms with van der Waals surface area (Å²) in [5, 5.41) is 5.89. The minimum Gasteiger partial charge on any atom is -0.310 e. The maximum absolute atomic E-state index is 5.30. The number of nitrogens with zero attached hydrogens (tertiary/aromatic N) is 3. The molecule has 0 saturated heterocycles. The predicted molar refractivity (Wildman–Crippen MR) is 231 cm³/mol. The van der Waals surface area contributed by atoms with E-state index in [1.165, 1.54) is 16.2 Å². The van der Waals surface area contributed by atoms with Crippen molar-refractivity contribution in [1.29, 1.82) is 0 Å². The van der Waals surface area contributed by atoms with E-state index in [-0.39, 0.29) is 0 Å². The third-order valence-electron chi connectivity index (χ3n) is 10.4. The number of para-hydroxylation sites is 3. The summed E-state index contributed by atoms with van der Waals surface area (Å²) in [5.41, 5.74) is 12.7. The fourth-order valence-electron chi connectivity index (χ4n) is 7.76. The summed E-state index contributed by atoms with van der Waals surface area (Å²) in [6, 6.07) is 75.0. The van der Waals surface area contributed by atoms with Crippen LogP contribution in [0.1, 0.15) is 0 Å². The van der Waals surface area contributed by atoms with E-state index >= 15 is 0 Å². The number of pyridine rings is 2. The molecule has 258 valence electrons. The molecule has 0 bridgehead atoms. The lowest BCUT2D eigenvalue weighted by Gasteiger charge is -2.26. The van der Waals surface area contributed by atoms with Crippen LogP contribution >= 0.6 is 0 Å². The number of benzene rings is 8. The van der Waals surface area contributed by atoms with Crippen LogP contribution in [0.25, 0.3) is 77.3 Å². The zero-order valence-electron chi connectivity index (χ0n) is 30.0. The summed E-state index contributed by atoms with van der Waals surface area (Å²) in [6.45, 7) is 0. The molecule has 0 aliphatic carbocycles. The minimum absolute atomic E-state index is 0.953. The Morgan fingerprint density at radius 2 is 0.836 bits per heavy atom. The van der Waals surface area contributed by atoms with Crippen LogP contribution in [0.5, 0.6) is 0 Å².